The molecule has 0 radical (unpaired) electrons. The predicted molar refractivity (Wildman–Crippen MR) is 104 cm³/mol. The number of β-lactam (4-membered cyclic amide) rings is 1. The van der Waals surface area contributed by atoms with Crippen molar-refractivity contribution in [3.63, 3.8) is 0 Å². The minimum absolute atomic E-state index is 0.0400. The van der Waals surface area contributed by atoms with E-state index in [1.165, 1.54) is 11.1 Å². The standard InChI is InChI=1S/C22H29NO/c1-6-9-16(4)20(11-8-3)21-17(5)22(24)23(21)19-14-12-18(10-7-2)13-15-19/h7,9-15,17,21H,6,8H2,1-5H3. The van der Waals surface area contributed by atoms with Crippen LogP contribution >= 0.6 is 0 Å². The molecule has 0 N–H and O–H groups in total. The molecule has 1 amide bonds. The zero-order valence-electron chi connectivity index (χ0n) is 15.5. The van der Waals surface area contributed by atoms with Crippen molar-refractivity contribution in [3.8, 4) is 0 Å². The number of hydrogen-bond acceptors (Lipinski definition) is 1. The van der Waals surface area contributed by atoms with E-state index >= 15 is 0 Å². The summed E-state index contributed by atoms with van der Waals surface area (Å²) >= 11 is 0. The van der Waals surface area contributed by atoms with Crippen LogP contribution in [-0.4, -0.2) is 11.9 Å². The molecule has 2 heteroatoms. The van der Waals surface area contributed by atoms with Gasteiger partial charge in [0.05, 0.1) is 12.0 Å². The van der Waals surface area contributed by atoms with Crippen molar-refractivity contribution in [1.29, 1.82) is 0 Å². The zero-order chi connectivity index (χ0) is 17.7. The number of amides is 1. The van der Waals surface area contributed by atoms with Crippen molar-refractivity contribution < 1.29 is 4.79 Å². The van der Waals surface area contributed by atoms with E-state index < -0.39 is 0 Å². The van der Waals surface area contributed by atoms with Gasteiger partial charge in [-0.3, -0.25) is 4.79 Å². The van der Waals surface area contributed by atoms with Crippen LogP contribution in [0.3, 0.4) is 0 Å². The molecule has 0 aromatic heterocycles. The van der Waals surface area contributed by atoms with Crippen LogP contribution in [0.15, 0.2) is 53.6 Å². The molecule has 24 heavy (non-hydrogen) atoms. The largest absolute Gasteiger partial charge is 0.304 e. The number of carbonyl (C=O) groups is 1. The fourth-order valence-corrected chi connectivity index (χ4v) is 3.43. The maximum Gasteiger partial charge on any atom is 0.232 e. The van der Waals surface area contributed by atoms with E-state index in [-0.39, 0.29) is 17.9 Å². The predicted octanol–water partition coefficient (Wildman–Crippen LogP) is 5.76. The Balaban J connectivity index is 2.36. The van der Waals surface area contributed by atoms with Gasteiger partial charge in [0.2, 0.25) is 5.91 Å². The summed E-state index contributed by atoms with van der Waals surface area (Å²) in [6.45, 7) is 10.5. The van der Waals surface area contributed by atoms with Crippen molar-refractivity contribution in [2.24, 2.45) is 5.92 Å². The quantitative estimate of drug-likeness (QED) is 0.481. The minimum Gasteiger partial charge on any atom is -0.304 e. The zero-order valence-corrected chi connectivity index (χ0v) is 15.5. The summed E-state index contributed by atoms with van der Waals surface area (Å²) in [5.41, 5.74) is 4.73. The Labute approximate surface area is 146 Å². The summed E-state index contributed by atoms with van der Waals surface area (Å²) in [7, 11) is 0. The topological polar surface area (TPSA) is 20.3 Å². The monoisotopic (exact) mass is 323 g/mol. The Hall–Kier alpha value is -2.09. The second-order valence-corrected chi connectivity index (χ2v) is 6.40. The van der Waals surface area contributed by atoms with Crippen LogP contribution in [0.4, 0.5) is 5.69 Å². The smallest absolute Gasteiger partial charge is 0.232 e. The van der Waals surface area contributed by atoms with Gasteiger partial charge in [-0.2, -0.15) is 0 Å². The fourth-order valence-electron chi connectivity index (χ4n) is 3.43. The van der Waals surface area contributed by atoms with Crippen molar-refractivity contribution in [2.45, 2.75) is 53.5 Å². The molecule has 0 aliphatic carbocycles. The average Bonchev–Trinajstić information content (AvgIpc) is 2.59. The van der Waals surface area contributed by atoms with E-state index in [0.717, 1.165) is 24.1 Å². The van der Waals surface area contributed by atoms with Gasteiger partial charge in [-0.1, -0.05) is 62.8 Å². The van der Waals surface area contributed by atoms with Crippen LogP contribution < -0.4 is 4.90 Å². The summed E-state index contributed by atoms with van der Waals surface area (Å²) in [5.74, 6) is 0.253. The van der Waals surface area contributed by atoms with Gasteiger partial charge < -0.3 is 4.90 Å². The normalized spacial score (nSPS) is 22.2. The van der Waals surface area contributed by atoms with Crippen LogP contribution in [0.25, 0.3) is 6.08 Å². The molecule has 2 atom stereocenters. The molecule has 1 aromatic rings. The van der Waals surface area contributed by atoms with Crippen LogP contribution in [0.5, 0.6) is 0 Å². The van der Waals surface area contributed by atoms with Crippen LogP contribution in [0.1, 0.15) is 53.0 Å². The van der Waals surface area contributed by atoms with E-state index in [9.17, 15) is 4.79 Å². The molecule has 2 unspecified atom stereocenters. The number of nitrogens with zero attached hydrogens (tertiary/aromatic N) is 1. The van der Waals surface area contributed by atoms with E-state index in [0.29, 0.717) is 0 Å². The van der Waals surface area contributed by atoms with E-state index in [4.69, 9.17) is 0 Å². The number of carbonyl (C=O) groups excluding carboxylic acids is 1. The van der Waals surface area contributed by atoms with Gasteiger partial charge in [0.15, 0.2) is 0 Å². The highest BCUT2D eigenvalue weighted by molar-refractivity contribution is 6.04. The molecule has 2 rings (SSSR count). The highest BCUT2D eigenvalue weighted by Crippen LogP contribution is 2.39. The Morgan fingerprint density at radius 3 is 2.29 bits per heavy atom. The molecule has 1 fully saturated rings. The molecule has 1 aliphatic rings. The Bertz CT molecular complexity index is 664. The molecule has 128 valence electrons. The molecular formula is C22H29NO. The first-order valence-corrected chi connectivity index (χ1v) is 8.98. The maximum absolute atomic E-state index is 12.5. The number of benzene rings is 1. The first-order valence-electron chi connectivity index (χ1n) is 8.98. The second-order valence-electron chi connectivity index (χ2n) is 6.40. The third kappa shape index (κ3) is 3.53. The van der Waals surface area contributed by atoms with Gasteiger partial charge >= 0.3 is 0 Å². The number of anilines is 1. The Morgan fingerprint density at radius 2 is 1.75 bits per heavy atom. The Kier molecular flexibility index (Phi) is 6.19. The maximum atomic E-state index is 12.5. The van der Waals surface area contributed by atoms with Gasteiger partial charge in [0, 0.05) is 5.69 Å². The lowest BCUT2D eigenvalue weighted by Gasteiger charge is -2.47. The van der Waals surface area contributed by atoms with Crippen molar-refractivity contribution in [2.75, 3.05) is 4.90 Å². The fraction of sp³-hybridized carbons (Fsp3) is 0.409. The number of allylic oxidation sites excluding steroid dienone is 3. The summed E-state index contributed by atoms with van der Waals surface area (Å²) in [6, 6.07) is 8.39. The summed E-state index contributed by atoms with van der Waals surface area (Å²) in [5, 5.41) is 0. The van der Waals surface area contributed by atoms with Gasteiger partial charge in [-0.05, 0) is 50.0 Å². The minimum atomic E-state index is 0.0400. The molecule has 0 saturated carbocycles. The van der Waals surface area contributed by atoms with Gasteiger partial charge in [-0.25, -0.2) is 0 Å². The highest BCUT2D eigenvalue weighted by Gasteiger charge is 2.46. The lowest BCUT2D eigenvalue weighted by atomic mass is 9.79. The van der Waals surface area contributed by atoms with Gasteiger partial charge in [-0.15, -0.1) is 0 Å². The molecule has 1 aromatic carbocycles. The third-order valence-electron chi connectivity index (χ3n) is 4.62. The summed E-state index contributed by atoms with van der Waals surface area (Å²) < 4.78 is 0. The van der Waals surface area contributed by atoms with Crippen LogP contribution in [0.2, 0.25) is 0 Å². The first-order chi connectivity index (χ1) is 11.5. The van der Waals surface area contributed by atoms with E-state index in [2.05, 4.69) is 63.3 Å². The molecule has 1 aliphatic heterocycles. The number of rotatable bonds is 6. The second kappa shape index (κ2) is 8.14. The van der Waals surface area contributed by atoms with E-state index in [1.807, 2.05) is 24.8 Å². The number of hydrogen-bond donors (Lipinski definition) is 0. The average molecular weight is 323 g/mol. The Morgan fingerprint density at radius 1 is 1.12 bits per heavy atom. The third-order valence-corrected chi connectivity index (χ3v) is 4.62. The lowest BCUT2D eigenvalue weighted by Crippen LogP contribution is -2.61. The van der Waals surface area contributed by atoms with Gasteiger partial charge in [0.1, 0.15) is 0 Å². The van der Waals surface area contributed by atoms with Crippen molar-refractivity contribution in [3.05, 3.63) is 59.2 Å². The molecule has 0 bridgehead atoms. The van der Waals surface area contributed by atoms with Crippen molar-refractivity contribution >= 4 is 17.7 Å². The first kappa shape index (κ1) is 18.3. The van der Waals surface area contributed by atoms with Crippen molar-refractivity contribution in [1.82, 2.24) is 0 Å². The molecule has 2 nitrogen and oxygen atoms in total. The summed E-state index contributed by atoms with van der Waals surface area (Å²) in [6.07, 6.45) is 10.6. The highest BCUT2D eigenvalue weighted by atomic mass is 16.2. The lowest BCUT2D eigenvalue weighted by molar-refractivity contribution is -0.128. The van der Waals surface area contributed by atoms with Crippen LogP contribution in [0, 0.1) is 5.92 Å². The molecule has 1 saturated heterocycles. The SMILES string of the molecule is CC=Cc1ccc(N2C(=O)C(C)C2C(=CCC)C(C)=CCC)cc1. The molecular weight excluding hydrogens is 294 g/mol. The summed E-state index contributed by atoms with van der Waals surface area (Å²) in [4.78, 5) is 14.5. The van der Waals surface area contributed by atoms with Crippen LogP contribution in [-0.2, 0) is 4.79 Å². The van der Waals surface area contributed by atoms with E-state index in [1.54, 1.807) is 0 Å². The molecule has 0 spiro atoms. The van der Waals surface area contributed by atoms with Gasteiger partial charge in [0.25, 0.3) is 0 Å². The molecule has 1 heterocycles.